The van der Waals surface area contributed by atoms with Gasteiger partial charge in [-0.2, -0.15) is 0 Å². The molecule has 3 nitrogen and oxygen atoms in total. The monoisotopic (exact) mass is 345 g/mol. The summed E-state index contributed by atoms with van der Waals surface area (Å²) in [6.45, 7) is 5.62. The molecule has 25 heavy (non-hydrogen) atoms. The summed E-state index contributed by atoms with van der Waals surface area (Å²) in [6.07, 6.45) is 5.64. The molecule has 0 aromatic heterocycles. The van der Waals surface area contributed by atoms with Crippen LogP contribution in [0.4, 0.5) is 4.39 Å². The molecule has 4 heteroatoms. The number of rotatable bonds is 2. The molecule has 0 unspecified atom stereocenters. The highest BCUT2D eigenvalue weighted by Gasteiger charge is 2.51. The van der Waals surface area contributed by atoms with E-state index in [2.05, 4.69) is 6.92 Å². The van der Waals surface area contributed by atoms with E-state index in [-0.39, 0.29) is 17.6 Å². The van der Waals surface area contributed by atoms with Gasteiger partial charge in [0, 0.05) is 24.4 Å². The summed E-state index contributed by atoms with van der Waals surface area (Å²) < 4.78 is 13.6. The fraction of sp³-hybridized carbons (Fsp3) is 0.667. The zero-order valence-electron chi connectivity index (χ0n) is 15.2. The van der Waals surface area contributed by atoms with Crippen LogP contribution >= 0.6 is 0 Å². The molecule has 1 spiro atoms. The Morgan fingerprint density at radius 3 is 2.48 bits per heavy atom. The second kappa shape index (κ2) is 5.80. The van der Waals surface area contributed by atoms with Crippen molar-refractivity contribution in [2.45, 2.75) is 63.9 Å². The third-order valence-electron chi connectivity index (χ3n) is 6.81. The molecule has 1 aromatic carbocycles. The molecule has 1 saturated heterocycles. The average Bonchev–Trinajstić information content (AvgIpc) is 2.52. The number of aryl methyl sites for hydroxylation is 1. The Balaban J connectivity index is 1.31. The highest BCUT2D eigenvalue weighted by Crippen LogP contribution is 2.50. The minimum atomic E-state index is -0.635. The molecular formula is C21H28FNO2. The minimum absolute atomic E-state index is 0.0265. The van der Waals surface area contributed by atoms with E-state index in [1.165, 1.54) is 17.2 Å². The Morgan fingerprint density at radius 1 is 1.24 bits per heavy atom. The summed E-state index contributed by atoms with van der Waals surface area (Å²) in [7, 11) is 0. The van der Waals surface area contributed by atoms with E-state index >= 15 is 0 Å². The fourth-order valence-corrected chi connectivity index (χ4v) is 5.26. The van der Waals surface area contributed by atoms with Crippen molar-refractivity contribution in [2.75, 3.05) is 13.1 Å². The smallest absolute Gasteiger partial charge is 0.225 e. The summed E-state index contributed by atoms with van der Waals surface area (Å²) in [6, 6.07) is 5.12. The largest absolute Gasteiger partial charge is 0.390 e. The number of hydrogen-bond acceptors (Lipinski definition) is 2. The van der Waals surface area contributed by atoms with E-state index in [0.29, 0.717) is 24.2 Å². The number of likely N-dealkylation sites (tertiary alicyclic amines) is 1. The molecule has 2 aliphatic carbocycles. The number of aliphatic hydroxyl groups is 1. The third kappa shape index (κ3) is 3.10. The van der Waals surface area contributed by atoms with Crippen LogP contribution in [-0.2, 0) is 4.79 Å². The van der Waals surface area contributed by atoms with Crippen molar-refractivity contribution in [2.24, 2.45) is 11.3 Å². The van der Waals surface area contributed by atoms with E-state index in [1.807, 2.05) is 17.9 Å². The van der Waals surface area contributed by atoms with Crippen LogP contribution in [0.25, 0.3) is 0 Å². The normalized spacial score (nSPS) is 31.5. The van der Waals surface area contributed by atoms with E-state index in [9.17, 15) is 14.3 Å². The molecule has 136 valence electrons. The van der Waals surface area contributed by atoms with E-state index in [1.54, 1.807) is 6.07 Å². The number of carbonyl (C=O) groups is 1. The lowest BCUT2D eigenvalue weighted by Crippen LogP contribution is -2.62. The molecule has 1 heterocycles. The minimum Gasteiger partial charge on any atom is -0.390 e. The summed E-state index contributed by atoms with van der Waals surface area (Å²) in [4.78, 5) is 14.5. The molecule has 1 aliphatic heterocycles. The fourth-order valence-electron chi connectivity index (χ4n) is 5.26. The Labute approximate surface area is 149 Å². The quantitative estimate of drug-likeness (QED) is 0.886. The topological polar surface area (TPSA) is 40.5 Å². The van der Waals surface area contributed by atoms with Crippen molar-refractivity contribution < 1.29 is 14.3 Å². The lowest BCUT2D eigenvalue weighted by Gasteiger charge is -2.55. The molecule has 3 fully saturated rings. The first-order valence-corrected chi connectivity index (χ1v) is 9.54. The van der Waals surface area contributed by atoms with E-state index in [4.69, 9.17) is 0 Å². The number of benzene rings is 1. The maximum Gasteiger partial charge on any atom is 0.225 e. The molecule has 1 amide bonds. The number of nitrogens with zero attached hydrogens (tertiary/aromatic N) is 1. The highest BCUT2D eigenvalue weighted by atomic mass is 19.1. The zero-order valence-corrected chi connectivity index (χ0v) is 15.2. The van der Waals surface area contributed by atoms with Gasteiger partial charge in [-0.15, -0.1) is 0 Å². The van der Waals surface area contributed by atoms with Crippen LogP contribution in [0.2, 0.25) is 0 Å². The number of carbonyl (C=O) groups excluding carboxylic acids is 1. The summed E-state index contributed by atoms with van der Waals surface area (Å²) in [5.41, 5.74) is 2.01. The van der Waals surface area contributed by atoms with Crippen LogP contribution in [0.1, 0.15) is 62.5 Å². The van der Waals surface area contributed by atoms with Gasteiger partial charge in [-0.1, -0.05) is 6.07 Å². The van der Waals surface area contributed by atoms with Gasteiger partial charge in [0.15, 0.2) is 0 Å². The molecule has 3 aliphatic rings. The van der Waals surface area contributed by atoms with Gasteiger partial charge < -0.3 is 10.0 Å². The van der Waals surface area contributed by atoms with Crippen molar-refractivity contribution in [1.29, 1.82) is 0 Å². The van der Waals surface area contributed by atoms with Gasteiger partial charge in [0.1, 0.15) is 5.82 Å². The van der Waals surface area contributed by atoms with Crippen LogP contribution < -0.4 is 0 Å². The molecule has 4 rings (SSSR count). The van der Waals surface area contributed by atoms with Crippen LogP contribution in [0.15, 0.2) is 18.2 Å². The van der Waals surface area contributed by atoms with Crippen molar-refractivity contribution >= 4 is 5.91 Å². The van der Waals surface area contributed by atoms with Crippen molar-refractivity contribution in [3.05, 3.63) is 35.1 Å². The number of halogens is 1. The first kappa shape index (κ1) is 17.0. The predicted octanol–water partition coefficient (Wildman–Crippen LogP) is 3.78. The molecule has 0 radical (unpaired) electrons. The second-order valence-electron chi connectivity index (χ2n) is 9.07. The Kier molecular flexibility index (Phi) is 3.95. The van der Waals surface area contributed by atoms with Crippen LogP contribution in [0, 0.1) is 24.1 Å². The number of hydrogen-bond donors (Lipinski definition) is 1. The first-order chi connectivity index (χ1) is 11.8. The molecule has 0 atom stereocenters. The lowest BCUT2D eigenvalue weighted by atomic mass is 9.63. The maximum absolute atomic E-state index is 13.6. The standard InChI is InChI=1S/C21H28FNO2/c1-14-3-4-17(22)9-18(14)15-5-7-21(8-6-15)12-23(13-21)19(24)16-10-20(2,25)11-16/h3-4,9,15-16,25H,5-8,10-13H2,1-2H3. The Hall–Kier alpha value is -1.42. The van der Waals surface area contributed by atoms with Gasteiger partial charge in [-0.05, 0) is 81.5 Å². The molecule has 1 aromatic rings. The molecule has 0 bridgehead atoms. The van der Waals surface area contributed by atoms with Gasteiger partial charge in [0.05, 0.1) is 5.60 Å². The summed E-state index contributed by atoms with van der Waals surface area (Å²) in [5.74, 6) is 0.573. The second-order valence-corrected chi connectivity index (χ2v) is 9.07. The van der Waals surface area contributed by atoms with Gasteiger partial charge >= 0.3 is 0 Å². The third-order valence-corrected chi connectivity index (χ3v) is 6.81. The van der Waals surface area contributed by atoms with Gasteiger partial charge in [-0.3, -0.25) is 4.79 Å². The SMILES string of the molecule is Cc1ccc(F)cc1C1CCC2(CC1)CN(C(=O)C1CC(C)(O)C1)C2. The maximum atomic E-state index is 13.6. The number of amides is 1. The van der Waals surface area contributed by atoms with Crippen LogP contribution in [0.5, 0.6) is 0 Å². The summed E-state index contributed by atoms with van der Waals surface area (Å²) in [5, 5.41) is 9.83. The molecule has 1 N–H and O–H groups in total. The average molecular weight is 345 g/mol. The van der Waals surface area contributed by atoms with Gasteiger partial charge in [0.2, 0.25) is 5.91 Å². The zero-order chi connectivity index (χ0) is 17.8. The lowest BCUT2D eigenvalue weighted by molar-refractivity contribution is -0.163. The Morgan fingerprint density at radius 2 is 1.88 bits per heavy atom. The van der Waals surface area contributed by atoms with E-state index < -0.39 is 5.60 Å². The Bertz CT molecular complexity index is 675. The molecular weight excluding hydrogens is 317 g/mol. The van der Waals surface area contributed by atoms with Crippen molar-refractivity contribution in [3.8, 4) is 0 Å². The van der Waals surface area contributed by atoms with Crippen LogP contribution in [-0.4, -0.2) is 34.6 Å². The highest BCUT2D eigenvalue weighted by molar-refractivity contribution is 5.81. The van der Waals surface area contributed by atoms with Crippen molar-refractivity contribution in [3.63, 3.8) is 0 Å². The van der Waals surface area contributed by atoms with Gasteiger partial charge in [-0.25, -0.2) is 4.39 Å². The van der Waals surface area contributed by atoms with Gasteiger partial charge in [0.25, 0.3) is 0 Å². The predicted molar refractivity (Wildman–Crippen MR) is 94.7 cm³/mol. The summed E-state index contributed by atoms with van der Waals surface area (Å²) >= 11 is 0. The van der Waals surface area contributed by atoms with E-state index in [0.717, 1.165) is 38.8 Å². The first-order valence-electron chi connectivity index (χ1n) is 9.54. The molecule has 2 saturated carbocycles. The van der Waals surface area contributed by atoms with Crippen molar-refractivity contribution in [1.82, 2.24) is 4.90 Å². The van der Waals surface area contributed by atoms with Crippen LogP contribution in [0.3, 0.4) is 0 Å².